The van der Waals surface area contributed by atoms with Crippen LogP contribution in [0.15, 0.2) is 41.8 Å². The Kier molecular flexibility index (Phi) is 4.14. The fraction of sp³-hybridized carbons (Fsp3) is 0.214. The number of sulfone groups is 1. The topological polar surface area (TPSA) is 89.8 Å². The number of rotatable bonds is 5. The predicted octanol–water partition coefficient (Wildman–Crippen LogP) is 2.24. The summed E-state index contributed by atoms with van der Waals surface area (Å²) in [4.78, 5) is 12.1. The molecule has 7 nitrogen and oxygen atoms in total. The third-order valence-electron chi connectivity index (χ3n) is 3.41. The second-order valence-corrected chi connectivity index (χ2v) is 7.07. The van der Waals surface area contributed by atoms with Gasteiger partial charge in [-0.1, -0.05) is 0 Å². The van der Waals surface area contributed by atoms with E-state index in [1.807, 2.05) is 0 Å². The molecule has 2 heterocycles. The molecule has 24 heavy (non-hydrogen) atoms. The maximum atomic E-state index is 12.8. The van der Waals surface area contributed by atoms with Crippen LogP contribution >= 0.6 is 0 Å². The van der Waals surface area contributed by atoms with Crippen molar-refractivity contribution in [1.82, 2.24) is 19.5 Å². The van der Waals surface area contributed by atoms with E-state index in [1.54, 1.807) is 6.07 Å². The van der Waals surface area contributed by atoms with Gasteiger partial charge >= 0.3 is 6.55 Å². The minimum Gasteiger partial charge on any atom is -0.362 e. The molecule has 0 unspecified atom stereocenters. The first-order valence-electron chi connectivity index (χ1n) is 6.85. The molecule has 1 aromatic carbocycles. The van der Waals surface area contributed by atoms with Crippen LogP contribution in [0.5, 0.6) is 0 Å². The Labute approximate surface area is 136 Å². The Bertz CT molecular complexity index is 988. The van der Waals surface area contributed by atoms with Gasteiger partial charge in [0.05, 0.1) is 17.0 Å². The molecule has 10 heteroatoms. The van der Waals surface area contributed by atoms with Crippen LogP contribution < -0.4 is 5.32 Å². The molecule has 2 aromatic heterocycles. The van der Waals surface area contributed by atoms with Gasteiger partial charge in [-0.15, -0.1) is 0 Å². The van der Waals surface area contributed by atoms with Gasteiger partial charge in [0.25, 0.3) is 0 Å². The summed E-state index contributed by atoms with van der Waals surface area (Å²) in [6.45, 7) is -2.68. The lowest BCUT2D eigenvalue weighted by Gasteiger charge is -2.10. The van der Waals surface area contributed by atoms with Crippen LogP contribution in [0, 0.1) is 0 Å². The van der Waals surface area contributed by atoms with Crippen molar-refractivity contribution in [2.24, 2.45) is 0 Å². The zero-order valence-corrected chi connectivity index (χ0v) is 13.3. The van der Waals surface area contributed by atoms with E-state index in [2.05, 4.69) is 20.3 Å². The van der Waals surface area contributed by atoms with Crippen molar-refractivity contribution in [2.45, 2.75) is 18.0 Å². The molecule has 0 aliphatic rings. The Morgan fingerprint density at radius 3 is 2.75 bits per heavy atom. The van der Waals surface area contributed by atoms with Crippen LogP contribution in [0.25, 0.3) is 10.9 Å². The van der Waals surface area contributed by atoms with Gasteiger partial charge in [-0.05, 0) is 18.2 Å². The number of imidazole rings is 1. The second kappa shape index (κ2) is 6.11. The molecule has 0 fully saturated rings. The van der Waals surface area contributed by atoms with Crippen LogP contribution in [-0.4, -0.2) is 34.2 Å². The van der Waals surface area contributed by atoms with Crippen LogP contribution in [0.1, 0.15) is 12.4 Å². The molecule has 0 saturated carbocycles. The molecule has 0 radical (unpaired) electrons. The SMILES string of the molecule is CS(=O)(=O)c1ccc2ncnc(NCc3nccn3C(F)F)c2c1. The first-order chi connectivity index (χ1) is 11.4. The lowest BCUT2D eigenvalue weighted by molar-refractivity contribution is 0.0673. The first-order valence-corrected chi connectivity index (χ1v) is 8.74. The number of halogens is 2. The van der Waals surface area contributed by atoms with Crippen molar-refractivity contribution in [3.8, 4) is 0 Å². The fourth-order valence-electron chi connectivity index (χ4n) is 2.23. The zero-order chi connectivity index (χ0) is 17.3. The molecular weight excluding hydrogens is 340 g/mol. The number of nitrogens with zero attached hydrogens (tertiary/aromatic N) is 4. The lowest BCUT2D eigenvalue weighted by Crippen LogP contribution is -2.10. The lowest BCUT2D eigenvalue weighted by atomic mass is 10.2. The molecule has 3 rings (SSSR count). The highest BCUT2D eigenvalue weighted by Gasteiger charge is 2.13. The molecule has 0 amide bonds. The number of hydrogen-bond acceptors (Lipinski definition) is 6. The van der Waals surface area contributed by atoms with Crippen molar-refractivity contribution in [2.75, 3.05) is 11.6 Å². The van der Waals surface area contributed by atoms with Crippen molar-refractivity contribution in [3.63, 3.8) is 0 Å². The van der Waals surface area contributed by atoms with E-state index in [1.165, 1.54) is 30.9 Å². The average molecular weight is 353 g/mol. The largest absolute Gasteiger partial charge is 0.362 e. The van der Waals surface area contributed by atoms with Crippen molar-refractivity contribution in [1.29, 1.82) is 0 Å². The number of anilines is 1. The molecule has 3 aromatic rings. The van der Waals surface area contributed by atoms with E-state index in [0.717, 1.165) is 10.8 Å². The molecule has 0 bridgehead atoms. The van der Waals surface area contributed by atoms with Gasteiger partial charge in [-0.3, -0.25) is 4.57 Å². The quantitative estimate of drug-likeness (QED) is 0.757. The summed E-state index contributed by atoms with van der Waals surface area (Å²) in [7, 11) is -3.39. The number of aromatic nitrogens is 4. The van der Waals surface area contributed by atoms with Crippen molar-refractivity contribution in [3.05, 3.63) is 42.7 Å². The summed E-state index contributed by atoms with van der Waals surface area (Å²) in [6.07, 6.45) is 4.87. The normalized spacial score (nSPS) is 12.0. The maximum Gasteiger partial charge on any atom is 0.319 e. The van der Waals surface area contributed by atoms with E-state index in [0.29, 0.717) is 16.7 Å². The minimum atomic E-state index is -3.39. The highest BCUT2D eigenvalue weighted by atomic mass is 32.2. The number of alkyl halides is 2. The Balaban J connectivity index is 1.95. The van der Waals surface area contributed by atoms with E-state index in [4.69, 9.17) is 0 Å². The monoisotopic (exact) mass is 353 g/mol. The summed E-state index contributed by atoms with van der Waals surface area (Å²) in [5.41, 5.74) is 0.539. The number of fused-ring (bicyclic) bond motifs is 1. The van der Waals surface area contributed by atoms with Crippen molar-refractivity contribution >= 4 is 26.6 Å². The van der Waals surface area contributed by atoms with Crippen LogP contribution in [-0.2, 0) is 16.4 Å². The summed E-state index contributed by atoms with van der Waals surface area (Å²) >= 11 is 0. The minimum absolute atomic E-state index is 0.00650. The van der Waals surface area contributed by atoms with Crippen LogP contribution in [0.2, 0.25) is 0 Å². The fourth-order valence-corrected chi connectivity index (χ4v) is 2.88. The predicted molar refractivity (Wildman–Crippen MR) is 83.5 cm³/mol. The summed E-state index contributed by atoms with van der Waals surface area (Å²) in [5, 5.41) is 3.38. The van der Waals surface area contributed by atoms with E-state index in [-0.39, 0.29) is 17.3 Å². The van der Waals surface area contributed by atoms with Gasteiger partial charge in [-0.25, -0.2) is 23.4 Å². The first kappa shape index (κ1) is 16.2. The third-order valence-corrected chi connectivity index (χ3v) is 4.52. The van der Waals surface area contributed by atoms with Gasteiger partial charge in [0, 0.05) is 24.0 Å². The maximum absolute atomic E-state index is 12.8. The highest BCUT2D eigenvalue weighted by molar-refractivity contribution is 7.90. The molecule has 0 aliphatic heterocycles. The molecule has 1 N–H and O–H groups in total. The van der Waals surface area contributed by atoms with Gasteiger partial charge in [-0.2, -0.15) is 8.78 Å². The zero-order valence-electron chi connectivity index (χ0n) is 12.5. The Hall–Kier alpha value is -2.62. The molecule has 126 valence electrons. The van der Waals surface area contributed by atoms with Crippen LogP contribution in [0.4, 0.5) is 14.6 Å². The standard InChI is InChI=1S/C14H13F2N5O2S/c1-24(22,23)9-2-3-11-10(6-9)13(20-8-19-11)18-7-12-17-4-5-21(12)14(15)16/h2-6,8,14H,7H2,1H3,(H,18,19,20). The van der Waals surface area contributed by atoms with Crippen LogP contribution in [0.3, 0.4) is 0 Å². The Morgan fingerprint density at radius 1 is 1.25 bits per heavy atom. The second-order valence-electron chi connectivity index (χ2n) is 5.06. The highest BCUT2D eigenvalue weighted by Crippen LogP contribution is 2.23. The van der Waals surface area contributed by atoms with Crippen molar-refractivity contribution < 1.29 is 17.2 Å². The van der Waals surface area contributed by atoms with Gasteiger partial charge < -0.3 is 5.32 Å². The molecule has 0 atom stereocenters. The molecule has 0 spiro atoms. The summed E-state index contributed by atoms with van der Waals surface area (Å²) in [6, 6.07) is 4.48. The summed E-state index contributed by atoms with van der Waals surface area (Å²) < 4.78 is 49.8. The van der Waals surface area contributed by atoms with E-state index >= 15 is 0 Å². The number of hydrogen-bond donors (Lipinski definition) is 1. The smallest absolute Gasteiger partial charge is 0.319 e. The summed E-state index contributed by atoms with van der Waals surface area (Å²) in [5.74, 6) is 0.477. The molecule has 0 saturated heterocycles. The van der Waals surface area contributed by atoms with Gasteiger partial charge in [0.15, 0.2) is 9.84 Å². The number of nitrogens with one attached hydrogen (secondary N) is 1. The average Bonchev–Trinajstić information content (AvgIpc) is 3.00. The van der Waals surface area contributed by atoms with Gasteiger partial charge in [0.1, 0.15) is 18.0 Å². The van der Waals surface area contributed by atoms with E-state index < -0.39 is 16.4 Å². The van der Waals surface area contributed by atoms with E-state index in [9.17, 15) is 17.2 Å². The molecule has 0 aliphatic carbocycles. The third kappa shape index (κ3) is 3.18. The number of benzene rings is 1. The molecular formula is C14H13F2N5O2S. The van der Waals surface area contributed by atoms with Gasteiger partial charge in [0.2, 0.25) is 0 Å². The Morgan fingerprint density at radius 2 is 2.04 bits per heavy atom.